The molecule has 2 rings (SSSR count). The summed E-state index contributed by atoms with van der Waals surface area (Å²) in [6, 6.07) is 2.75. The van der Waals surface area contributed by atoms with E-state index in [2.05, 4.69) is 15.6 Å². The van der Waals surface area contributed by atoms with Crippen LogP contribution in [0.15, 0.2) is 29.8 Å². The molecule has 0 atom stereocenters. The number of thiazole rings is 1. The van der Waals surface area contributed by atoms with Crippen molar-refractivity contribution in [3.05, 3.63) is 47.0 Å². The summed E-state index contributed by atoms with van der Waals surface area (Å²) < 4.78 is 25.7. The lowest BCUT2D eigenvalue weighted by Gasteiger charge is -2.05. The third-order valence-corrected chi connectivity index (χ3v) is 2.96. The Morgan fingerprint density at radius 3 is 2.70 bits per heavy atom. The van der Waals surface area contributed by atoms with Gasteiger partial charge in [0.15, 0.2) is 16.8 Å². The lowest BCUT2D eigenvalue weighted by molar-refractivity contribution is -0.115. The zero-order valence-electron chi connectivity index (χ0n) is 10.0. The van der Waals surface area contributed by atoms with Gasteiger partial charge in [-0.1, -0.05) is 0 Å². The van der Waals surface area contributed by atoms with Gasteiger partial charge in [-0.05, 0) is 18.2 Å². The Hall–Kier alpha value is -2.35. The molecule has 5 nitrogen and oxygen atoms in total. The van der Waals surface area contributed by atoms with E-state index < -0.39 is 23.4 Å². The average molecular weight is 297 g/mol. The van der Waals surface area contributed by atoms with E-state index in [1.54, 1.807) is 5.38 Å². The molecule has 2 aromatic rings. The summed E-state index contributed by atoms with van der Waals surface area (Å²) in [5.41, 5.74) is -0.0639. The highest BCUT2D eigenvalue weighted by Gasteiger charge is 2.11. The highest BCUT2D eigenvalue weighted by Crippen LogP contribution is 2.10. The maximum absolute atomic E-state index is 12.9. The molecule has 0 aliphatic rings. The maximum atomic E-state index is 12.9. The topological polar surface area (TPSA) is 71.1 Å². The fraction of sp³-hybridized carbons (Fsp3) is 0.0833. The molecule has 1 heterocycles. The fourth-order valence-electron chi connectivity index (χ4n) is 1.35. The van der Waals surface area contributed by atoms with Crippen molar-refractivity contribution < 1.29 is 18.4 Å². The third kappa shape index (κ3) is 3.58. The molecular formula is C12H9F2N3O2S. The Kier molecular flexibility index (Phi) is 4.36. The van der Waals surface area contributed by atoms with Gasteiger partial charge in [-0.15, -0.1) is 11.3 Å². The average Bonchev–Trinajstić information content (AvgIpc) is 2.92. The van der Waals surface area contributed by atoms with Crippen molar-refractivity contribution >= 4 is 28.3 Å². The Bertz CT molecular complexity index is 632. The summed E-state index contributed by atoms with van der Waals surface area (Å²) in [7, 11) is 0. The smallest absolute Gasteiger partial charge is 0.251 e. The second kappa shape index (κ2) is 6.20. The van der Waals surface area contributed by atoms with Gasteiger partial charge in [-0.25, -0.2) is 13.8 Å². The van der Waals surface area contributed by atoms with Gasteiger partial charge in [0.05, 0.1) is 6.54 Å². The van der Waals surface area contributed by atoms with Crippen molar-refractivity contribution in [2.75, 3.05) is 11.9 Å². The van der Waals surface area contributed by atoms with Crippen molar-refractivity contribution in [2.45, 2.75) is 0 Å². The van der Waals surface area contributed by atoms with E-state index in [1.165, 1.54) is 17.5 Å². The lowest BCUT2D eigenvalue weighted by Crippen LogP contribution is -2.32. The second-order valence-corrected chi connectivity index (χ2v) is 4.59. The zero-order valence-corrected chi connectivity index (χ0v) is 10.8. The van der Waals surface area contributed by atoms with E-state index in [9.17, 15) is 18.4 Å². The van der Waals surface area contributed by atoms with Crippen molar-refractivity contribution in [1.29, 1.82) is 0 Å². The first kappa shape index (κ1) is 14.1. The molecule has 0 bridgehead atoms. The number of amides is 2. The normalized spacial score (nSPS) is 10.1. The van der Waals surface area contributed by atoms with E-state index in [0.717, 1.165) is 18.2 Å². The number of carbonyl (C=O) groups excluding carboxylic acids is 2. The zero-order chi connectivity index (χ0) is 14.5. The standard InChI is InChI=1S/C12H9F2N3O2S/c13-8-2-1-7(5-9(8)14)11(19)16-6-10(18)17-12-15-3-4-20-12/h1-5H,6H2,(H,16,19)(H,15,17,18). The molecule has 0 radical (unpaired) electrons. The fourth-order valence-corrected chi connectivity index (χ4v) is 1.89. The summed E-state index contributed by atoms with van der Waals surface area (Å²) in [4.78, 5) is 26.9. The molecule has 1 aromatic carbocycles. The molecule has 0 spiro atoms. The van der Waals surface area contributed by atoms with E-state index >= 15 is 0 Å². The molecule has 0 fully saturated rings. The van der Waals surface area contributed by atoms with Crippen LogP contribution in [0, 0.1) is 11.6 Å². The molecule has 8 heteroatoms. The molecule has 0 saturated heterocycles. The van der Waals surface area contributed by atoms with Crippen LogP contribution in [0.4, 0.5) is 13.9 Å². The minimum absolute atomic E-state index is 0.0639. The first-order valence-corrected chi connectivity index (χ1v) is 6.37. The first-order valence-electron chi connectivity index (χ1n) is 5.49. The Labute approximate surface area is 116 Å². The summed E-state index contributed by atoms with van der Waals surface area (Å²) in [5.74, 6) is -3.29. The molecule has 2 N–H and O–H groups in total. The molecule has 0 aliphatic carbocycles. The Morgan fingerprint density at radius 2 is 2.05 bits per heavy atom. The second-order valence-electron chi connectivity index (χ2n) is 3.70. The predicted molar refractivity (Wildman–Crippen MR) is 69.4 cm³/mol. The molecule has 0 unspecified atom stereocenters. The van der Waals surface area contributed by atoms with E-state index in [4.69, 9.17) is 0 Å². The summed E-state index contributed by atoms with van der Waals surface area (Å²) >= 11 is 1.24. The monoisotopic (exact) mass is 297 g/mol. The molecule has 20 heavy (non-hydrogen) atoms. The van der Waals surface area contributed by atoms with Crippen molar-refractivity contribution in [3.8, 4) is 0 Å². The van der Waals surface area contributed by atoms with Gasteiger partial charge in [0.2, 0.25) is 5.91 Å². The lowest BCUT2D eigenvalue weighted by atomic mass is 10.2. The summed E-state index contributed by atoms with van der Waals surface area (Å²) in [6.07, 6.45) is 1.53. The van der Waals surface area contributed by atoms with Crippen LogP contribution in [0.3, 0.4) is 0 Å². The van der Waals surface area contributed by atoms with Gasteiger partial charge < -0.3 is 10.6 Å². The van der Waals surface area contributed by atoms with Crippen molar-refractivity contribution in [1.82, 2.24) is 10.3 Å². The van der Waals surface area contributed by atoms with Crippen LogP contribution in [-0.2, 0) is 4.79 Å². The number of hydrogen-bond donors (Lipinski definition) is 2. The SMILES string of the molecule is O=C(CNC(=O)c1ccc(F)c(F)c1)Nc1nccs1. The van der Waals surface area contributed by atoms with Gasteiger partial charge in [-0.3, -0.25) is 9.59 Å². The number of hydrogen-bond acceptors (Lipinski definition) is 4. The number of aromatic nitrogens is 1. The highest BCUT2D eigenvalue weighted by atomic mass is 32.1. The first-order chi connectivity index (χ1) is 9.56. The van der Waals surface area contributed by atoms with Crippen molar-refractivity contribution in [3.63, 3.8) is 0 Å². The van der Waals surface area contributed by atoms with E-state index in [-0.39, 0.29) is 12.1 Å². The van der Waals surface area contributed by atoms with Gasteiger partial charge in [-0.2, -0.15) is 0 Å². The summed E-state index contributed by atoms with van der Waals surface area (Å²) in [6.45, 7) is -0.294. The molecule has 0 saturated carbocycles. The number of carbonyl (C=O) groups is 2. The molecule has 0 aliphatic heterocycles. The minimum Gasteiger partial charge on any atom is -0.343 e. The highest BCUT2D eigenvalue weighted by molar-refractivity contribution is 7.13. The van der Waals surface area contributed by atoms with Crippen LogP contribution in [0.2, 0.25) is 0 Å². The van der Waals surface area contributed by atoms with Crippen LogP contribution in [0.1, 0.15) is 10.4 Å². The van der Waals surface area contributed by atoms with Crippen LogP contribution in [0.25, 0.3) is 0 Å². The van der Waals surface area contributed by atoms with Gasteiger partial charge in [0, 0.05) is 17.1 Å². The largest absolute Gasteiger partial charge is 0.343 e. The van der Waals surface area contributed by atoms with Gasteiger partial charge >= 0.3 is 0 Å². The third-order valence-electron chi connectivity index (χ3n) is 2.27. The van der Waals surface area contributed by atoms with Gasteiger partial charge in [0.1, 0.15) is 0 Å². The minimum atomic E-state index is -1.12. The predicted octanol–water partition coefficient (Wildman–Crippen LogP) is 1.79. The number of benzene rings is 1. The molecule has 2 amide bonds. The summed E-state index contributed by atoms with van der Waals surface area (Å²) in [5, 5.41) is 6.87. The molecule has 1 aromatic heterocycles. The van der Waals surface area contributed by atoms with Crippen LogP contribution in [-0.4, -0.2) is 23.3 Å². The Morgan fingerprint density at radius 1 is 1.25 bits per heavy atom. The number of nitrogens with zero attached hydrogens (tertiary/aromatic N) is 1. The number of halogens is 2. The van der Waals surface area contributed by atoms with Gasteiger partial charge in [0.25, 0.3) is 5.91 Å². The van der Waals surface area contributed by atoms with Crippen LogP contribution >= 0.6 is 11.3 Å². The van der Waals surface area contributed by atoms with E-state index in [1.807, 2.05) is 0 Å². The number of anilines is 1. The quantitative estimate of drug-likeness (QED) is 0.904. The number of rotatable bonds is 4. The maximum Gasteiger partial charge on any atom is 0.251 e. The Balaban J connectivity index is 1.88. The number of nitrogens with one attached hydrogen (secondary N) is 2. The van der Waals surface area contributed by atoms with Crippen LogP contribution in [0.5, 0.6) is 0 Å². The van der Waals surface area contributed by atoms with E-state index in [0.29, 0.717) is 5.13 Å². The molecule has 104 valence electrons. The molecular weight excluding hydrogens is 288 g/mol. The van der Waals surface area contributed by atoms with Crippen molar-refractivity contribution in [2.24, 2.45) is 0 Å². The van der Waals surface area contributed by atoms with Crippen LogP contribution < -0.4 is 10.6 Å².